The van der Waals surface area contributed by atoms with Gasteiger partial charge in [0.05, 0.1) is 22.1 Å². The van der Waals surface area contributed by atoms with E-state index >= 15 is 0 Å². The number of hydrogen-bond acceptors (Lipinski definition) is 4. The number of carbonyl (C=O) groups is 3. The predicted octanol–water partition coefficient (Wildman–Crippen LogP) is 3.05. The third-order valence-corrected chi connectivity index (χ3v) is 5.50. The number of ether oxygens (including phenoxy) is 1. The molecule has 140 valence electrons. The van der Waals surface area contributed by atoms with Crippen molar-refractivity contribution in [2.24, 2.45) is 5.41 Å². The van der Waals surface area contributed by atoms with Crippen LogP contribution in [0.2, 0.25) is 10.0 Å². The molecule has 0 unspecified atom stereocenters. The molecule has 2 heterocycles. The van der Waals surface area contributed by atoms with Crippen LogP contribution in [0.25, 0.3) is 0 Å². The number of carbonyl (C=O) groups excluding carboxylic acids is 3. The molecular weight excluding hydrogens is 379 g/mol. The summed E-state index contributed by atoms with van der Waals surface area (Å²) in [6.45, 7) is 3.27. The van der Waals surface area contributed by atoms with E-state index in [-0.39, 0.29) is 24.1 Å². The highest BCUT2D eigenvalue weighted by Gasteiger charge is 2.48. The lowest BCUT2D eigenvalue weighted by molar-refractivity contribution is -0.130. The van der Waals surface area contributed by atoms with Gasteiger partial charge in [-0.25, -0.2) is 0 Å². The number of nitrogens with zero attached hydrogens (tertiary/aromatic N) is 1. The monoisotopic (exact) mass is 398 g/mol. The maximum absolute atomic E-state index is 12.8. The second-order valence-corrected chi connectivity index (χ2v) is 7.56. The molecule has 1 N–H and O–H groups in total. The van der Waals surface area contributed by atoms with E-state index in [0.717, 1.165) is 6.42 Å². The highest BCUT2D eigenvalue weighted by atomic mass is 35.5. The summed E-state index contributed by atoms with van der Waals surface area (Å²) in [6, 6.07) is 3.11. The fourth-order valence-corrected chi connectivity index (χ4v) is 4.04. The van der Waals surface area contributed by atoms with Crippen molar-refractivity contribution >= 4 is 40.9 Å². The minimum Gasteiger partial charge on any atom is -0.490 e. The molecule has 1 aromatic rings. The maximum atomic E-state index is 12.8. The summed E-state index contributed by atoms with van der Waals surface area (Å²) in [6.07, 6.45) is 1.96. The van der Waals surface area contributed by atoms with Gasteiger partial charge < -0.3 is 9.64 Å². The number of likely N-dealkylation sites (tertiary alicyclic amines) is 1. The molecule has 2 fully saturated rings. The van der Waals surface area contributed by atoms with Crippen LogP contribution in [0.4, 0.5) is 0 Å². The molecule has 8 heteroatoms. The number of halogens is 2. The highest BCUT2D eigenvalue weighted by Crippen LogP contribution is 2.39. The largest absolute Gasteiger partial charge is 0.490 e. The number of rotatable bonds is 4. The lowest BCUT2D eigenvalue weighted by Crippen LogP contribution is -2.46. The van der Waals surface area contributed by atoms with E-state index in [1.54, 1.807) is 17.0 Å². The van der Waals surface area contributed by atoms with Crippen LogP contribution in [-0.2, 0) is 9.59 Å². The van der Waals surface area contributed by atoms with Crippen molar-refractivity contribution in [1.29, 1.82) is 0 Å². The molecule has 3 rings (SSSR count). The molecule has 0 atom stereocenters. The number of hydrogen-bond donors (Lipinski definition) is 1. The Balaban J connectivity index is 1.71. The van der Waals surface area contributed by atoms with Crippen LogP contribution in [0.5, 0.6) is 5.75 Å². The Morgan fingerprint density at radius 2 is 1.85 bits per heavy atom. The number of piperidine rings is 1. The summed E-state index contributed by atoms with van der Waals surface area (Å²) >= 11 is 12.4. The van der Waals surface area contributed by atoms with Gasteiger partial charge in [-0.2, -0.15) is 0 Å². The van der Waals surface area contributed by atoms with Crippen molar-refractivity contribution in [2.45, 2.75) is 32.6 Å². The molecule has 0 aliphatic carbocycles. The normalized spacial score (nSPS) is 19.0. The zero-order chi connectivity index (χ0) is 18.9. The van der Waals surface area contributed by atoms with E-state index in [1.807, 2.05) is 6.92 Å². The minimum atomic E-state index is -0.666. The van der Waals surface area contributed by atoms with Crippen molar-refractivity contribution in [3.05, 3.63) is 27.7 Å². The van der Waals surface area contributed by atoms with E-state index < -0.39 is 5.41 Å². The van der Waals surface area contributed by atoms with Gasteiger partial charge >= 0.3 is 0 Å². The van der Waals surface area contributed by atoms with Crippen molar-refractivity contribution in [1.82, 2.24) is 10.2 Å². The Morgan fingerprint density at radius 3 is 2.35 bits per heavy atom. The SMILES string of the molecule is CCCOc1c(Cl)cc(C(=O)N2CCC3(CC2)CC(=O)NC3=O)cc1Cl. The molecule has 1 spiro atoms. The lowest BCUT2D eigenvalue weighted by Gasteiger charge is -2.36. The second-order valence-electron chi connectivity index (χ2n) is 6.74. The Kier molecular flexibility index (Phi) is 5.44. The van der Waals surface area contributed by atoms with E-state index in [4.69, 9.17) is 27.9 Å². The summed E-state index contributed by atoms with van der Waals surface area (Å²) in [5.74, 6) is -0.282. The first-order chi connectivity index (χ1) is 12.4. The van der Waals surface area contributed by atoms with Crippen molar-refractivity contribution in [3.8, 4) is 5.75 Å². The van der Waals surface area contributed by atoms with Crippen LogP contribution in [0.1, 0.15) is 43.0 Å². The number of imide groups is 1. The molecule has 1 aromatic carbocycles. The van der Waals surface area contributed by atoms with Gasteiger partial charge in [0.2, 0.25) is 11.8 Å². The van der Waals surface area contributed by atoms with Crippen LogP contribution in [0.15, 0.2) is 12.1 Å². The van der Waals surface area contributed by atoms with Crippen molar-refractivity contribution < 1.29 is 19.1 Å². The first kappa shape index (κ1) is 19.0. The van der Waals surface area contributed by atoms with Gasteiger partial charge in [0.15, 0.2) is 5.75 Å². The average Bonchev–Trinajstić information content (AvgIpc) is 2.87. The predicted molar refractivity (Wildman–Crippen MR) is 97.6 cm³/mol. The van der Waals surface area contributed by atoms with Gasteiger partial charge in [-0.1, -0.05) is 30.1 Å². The Labute approximate surface area is 161 Å². The first-order valence-electron chi connectivity index (χ1n) is 8.62. The first-order valence-corrected chi connectivity index (χ1v) is 9.37. The smallest absolute Gasteiger partial charge is 0.253 e. The average molecular weight is 399 g/mol. The van der Waals surface area contributed by atoms with E-state index in [2.05, 4.69) is 5.32 Å². The second kappa shape index (κ2) is 7.45. The van der Waals surface area contributed by atoms with Crippen LogP contribution in [0, 0.1) is 5.41 Å². The number of amides is 3. The fourth-order valence-electron chi connectivity index (χ4n) is 3.44. The molecule has 0 radical (unpaired) electrons. The van der Waals surface area contributed by atoms with Crippen LogP contribution in [0.3, 0.4) is 0 Å². The number of nitrogens with one attached hydrogen (secondary N) is 1. The third kappa shape index (κ3) is 3.53. The molecule has 0 bridgehead atoms. The fraction of sp³-hybridized carbons (Fsp3) is 0.500. The molecule has 2 aliphatic rings. The summed E-state index contributed by atoms with van der Waals surface area (Å²) in [5.41, 5.74) is -0.284. The number of benzene rings is 1. The Morgan fingerprint density at radius 1 is 1.23 bits per heavy atom. The van der Waals surface area contributed by atoms with E-state index in [9.17, 15) is 14.4 Å². The zero-order valence-electron chi connectivity index (χ0n) is 14.4. The summed E-state index contributed by atoms with van der Waals surface area (Å²) < 4.78 is 5.52. The molecule has 2 saturated heterocycles. The lowest BCUT2D eigenvalue weighted by atomic mass is 9.77. The topological polar surface area (TPSA) is 75.7 Å². The molecule has 2 aliphatic heterocycles. The summed E-state index contributed by atoms with van der Waals surface area (Å²) in [4.78, 5) is 38.0. The Bertz CT molecular complexity index is 735. The standard InChI is InChI=1S/C18H20Cl2N2O4/c1-2-7-26-15-12(19)8-11(9-13(15)20)16(24)22-5-3-18(4-6-22)10-14(23)21-17(18)25/h8-9H,2-7,10H2,1H3,(H,21,23,25). The van der Waals surface area contributed by atoms with Crippen molar-refractivity contribution in [2.75, 3.05) is 19.7 Å². The third-order valence-electron chi connectivity index (χ3n) is 4.94. The van der Waals surface area contributed by atoms with Gasteiger partial charge in [0.25, 0.3) is 5.91 Å². The van der Waals surface area contributed by atoms with Gasteiger partial charge in [0.1, 0.15) is 0 Å². The van der Waals surface area contributed by atoms with Gasteiger partial charge in [-0.05, 0) is 31.4 Å². The van der Waals surface area contributed by atoms with E-state index in [0.29, 0.717) is 53.9 Å². The quantitative estimate of drug-likeness (QED) is 0.790. The summed E-state index contributed by atoms with van der Waals surface area (Å²) in [7, 11) is 0. The molecular formula is C18H20Cl2N2O4. The molecule has 0 aromatic heterocycles. The summed E-state index contributed by atoms with van der Waals surface area (Å²) in [5, 5.41) is 2.95. The Hall–Kier alpha value is -1.79. The van der Waals surface area contributed by atoms with Gasteiger partial charge in [0, 0.05) is 25.1 Å². The van der Waals surface area contributed by atoms with Gasteiger partial charge in [-0.3, -0.25) is 19.7 Å². The maximum Gasteiger partial charge on any atom is 0.253 e. The van der Waals surface area contributed by atoms with E-state index in [1.165, 1.54) is 0 Å². The molecule has 3 amide bonds. The highest BCUT2D eigenvalue weighted by molar-refractivity contribution is 6.37. The molecule has 6 nitrogen and oxygen atoms in total. The van der Waals surface area contributed by atoms with Gasteiger partial charge in [-0.15, -0.1) is 0 Å². The van der Waals surface area contributed by atoms with Crippen LogP contribution in [-0.4, -0.2) is 42.3 Å². The molecule has 26 heavy (non-hydrogen) atoms. The van der Waals surface area contributed by atoms with Crippen molar-refractivity contribution in [3.63, 3.8) is 0 Å². The zero-order valence-corrected chi connectivity index (χ0v) is 16.0. The van der Waals surface area contributed by atoms with Crippen LogP contribution < -0.4 is 10.1 Å². The minimum absolute atomic E-state index is 0.199. The molecule has 0 saturated carbocycles. The van der Waals surface area contributed by atoms with Crippen LogP contribution >= 0.6 is 23.2 Å².